The Morgan fingerprint density at radius 3 is 2.54 bits per heavy atom. The number of anilines is 1. The Bertz CT molecular complexity index is 829. The number of carbonyl (C=O) groups is 1. The van der Waals surface area contributed by atoms with Crippen LogP contribution in [0.2, 0.25) is 5.02 Å². The van der Waals surface area contributed by atoms with E-state index in [9.17, 15) is 4.79 Å². The van der Waals surface area contributed by atoms with Gasteiger partial charge in [-0.25, -0.2) is 0 Å². The van der Waals surface area contributed by atoms with Crippen LogP contribution in [0.1, 0.15) is 5.56 Å². The summed E-state index contributed by atoms with van der Waals surface area (Å²) in [5.74, 6) is 0.480. The second-order valence-electron chi connectivity index (χ2n) is 5.07. The van der Waals surface area contributed by atoms with Crippen molar-refractivity contribution in [3.63, 3.8) is 0 Å². The van der Waals surface area contributed by atoms with Crippen molar-refractivity contribution in [2.24, 2.45) is 0 Å². The van der Waals surface area contributed by atoms with Crippen molar-refractivity contribution < 1.29 is 13.9 Å². The maximum absolute atomic E-state index is 11.9. The largest absolute Gasteiger partial charge is 0.484 e. The molecule has 3 rings (SSSR count). The van der Waals surface area contributed by atoms with E-state index in [1.807, 2.05) is 31.2 Å². The number of carbonyl (C=O) groups excluding carboxylic acids is 1. The Kier molecular flexibility index (Phi) is 4.77. The van der Waals surface area contributed by atoms with Gasteiger partial charge in [0.15, 0.2) is 6.61 Å². The SMILES string of the molecule is Cc1ccc(-c2nnc(NC(=O)COc3ccc(Cl)cc3)o2)cc1. The van der Waals surface area contributed by atoms with Crippen LogP contribution in [0.25, 0.3) is 11.5 Å². The molecule has 3 aromatic rings. The lowest BCUT2D eigenvalue weighted by Gasteiger charge is -2.05. The fourth-order valence-corrected chi connectivity index (χ4v) is 2.05. The van der Waals surface area contributed by atoms with E-state index in [1.165, 1.54) is 0 Å². The van der Waals surface area contributed by atoms with Gasteiger partial charge in [0.25, 0.3) is 5.91 Å². The molecule has 0 aliphatic heterocycles. The van der Waals surface area contributed by atoms with E-state index in [0.717, 1.165) is 11.1 Å². The van der Waals surface area contributed by atoms with Crippen molar-refractivity contribution in [2.75, 3.05) is 11.9 Å². The average molecular weight is 344 g/mol. The molecule has 0 saturated carbocycles. The van der Waals surface area contributed by atoms with Crippen molar-refractivity contribution in [3.8, 4) is 17.2 Å². The molecule has 2 aromatic carbocycles. The Morgan fingerprint density at radius 2 is 1.83 bits per heavy atom. The number of hydrogen-bond acceptors (Lipinski definition) is 5. The summed E-state index contributed by atoms with van der Waals surface area (Å²) in [5, 5.41) is 10.8. The first-order valence-electron chi connectivity index (χ1n) is 7.19. The molecule has 0 atom stereocenters. The van der Waals surface area contributed by atoms with Gasteiger partial charge in [-0.3, -0.25) is 10.1 Å². The van der Waals surface area contributed by atoms with Gasteiger partial charge >= 0.3 is 6.01 Å². The van der Waals surface area contributed by atoms with E-state index in [0.29, 0.717) is 16.7 Å². The van der Waals surface area contributed by atoms with Crippen LogP contribution in [0.3, 0.4) is 0 Å². The normalized spacial score (nSPS) is 10.4. The molecule has 1 amide bonds. The quantitative estimate of drug-likeness (QED) is 0.764. The third kappa shape index (κ3) is 4.11. The van der Waals surface area contributed by atoms with Crippen LogP contribution in [-0.4, -0.2) is 22.7 Å². The maximum atomic E-state index is 11.9. The molecule has 0 unspecified atom stereocenters. The summed E-state index contributed by atoms with van der Waals surface area (Å²) in [7, 11) is 0. The van der Waals surface area contributed by atoms with E-state index < -0.39 is 5.91 Å². The third-order valence-electron chi connectivity index (χ3n) is 3.15. The summed E-state index contributed by atoms with van der Waals surface area (Å²) in [6.07, 6.45) is 0. The van der Waals surface area contributed by atoms with E-state index in [4.69, 9.17) is 20.8 Å². The van der Waals surface area contributed by atoms with Crippen molar-refractivity contribution in [3.05, 3.63) is 59.1 Å². The second kappa shape index (κ2) is 7.14. The van der Waals surface area contributed by atoms with Crippen molar-refractivity contribution in [2.45, 2.75) is 6.92 Å². The van der Waals surface area contributed by atoms with Crippen LogP contribution in [0.4, 0.5) is 6.01 Å². The molecule has 1 aromatic heterocycles. The first-order valence-corrected chi connectivity index (χ1v) is 7.57. The van der Waals surface area contributed by atoms with Gasteiger partial charge in [-0.2, -0.15) is 0 Å². The molecule has 0 aliphatic rings. The zero-order valence-electron chi connectivity index (χ0n) is 12.8. The number of aryl methyl sites for hydroxylation is 1. The van der Waals surface area contributed by atoms with Gasteiger partial charge in [-0.1, -0.05) is 34.4 Å². The number of nitrogens with zero attached hydrogens (tertiary/aromatic N) is 2. The first kappa shape index (κ1) is 16.0. The van der Waals surface area contributed by atoms with Gasteiger partial charge in [0, 0.05) is 10.6 Å². The molecule has 1 N–H and O–H groups in total. The number of rotatable bonds is 5. The third-order valence-corrected chi connectivity index (χ3v) is 3.41. The molecular formula is C17H14ClN3O3. The van der Waals surface area contributed by atoms with E-state index >= 15 is 0 Å². The highest BCUT2D eigenvalue weighted by atomic mass is 35.5. The molecule has 0 saturated heterocycles. The van der Waals surface area contributed by atoms with E-state index in [-0.39, 0.29) is 12.6 Å². The van der Waals surface area contributed by atoms with Gasteiger partial charge in [0.05, 0.1) is 0 Å². The van der Waals surface area contributed by atoms with Crippen LogP contribution >= 0.6 is 11.6 Å². The zero-order chi connectivity index (χ0) is 16.9. The molecule has 24 heavy (non-hydrogen) atoms. The molecular weight excluding hydrogens is 330 g/mol. The second-order valence-corrected chi connectivity index (χ2v) is 5.51. The highest BCUT2D eigenvalue weighted by molar-refractivity contribution is 6.30. The lowest BCUT2D eigenvalue weighted by Crippen LogP contribution is -2.20. The molecule has 0 bridgehead atoms. The van der Waals surface area contributed by atoms with Gasteiger partial charge in [0.2, 0.25) is 5.89 Å². The fraction of sp³-hybridized carbons (Fsp3) is 0.118. The Labute approximate surface area is 143 Å². The Morgan fingerprint density at radius 1 is 1.12 bits per heavy atom. The highest BCUT2D eigenvalue weighted by Gasteiger charge is 2.11. The number of aromatic nitrogens is 2. The zero-order valence-corrected chi connectivity index (χ0v) is 13.6. The summed E-state index contributed by atoms with van der Waals surface area (Å²) in [4.78, 5) is 11.9. The maximum Gasteiger partial charge on any atom is 0.322 e. The van der Waals surface area contributed by atoms with Gasteiger partial charge < -0.3 is 9.15 Å². The number of hydrogen-bond donors (Lipinski definition) is 1. The van der Waals surface area contributed by atoms with Crippen molar-refractivity contribution in [1.82, 2.24) is 10.2 Å². The minimum atomic E-state index is -0.399. The fourth-order valence-electron chi connectivity index (χ4n) is 1.92. The monoisotopic (exact) mass is 343 g/mol. The van der Waals surface area contributed by atoms with Crippen LogP contribution in [-0.2, 0) is 4.79 Å². The number of benzene rings is 2. The van der Waals surface area contributed by atoms with Crippen LogP contribution < -0.4 is 10.1 Å². The summed E-state index contributed by atoms with van der Waals surface area (Å²) in [6.45, 7) is 1.81. The predicted octanol–water partition coefficient (Wildman–Crippen LogP) is 3.72. The lowest BCUT2D eigenvalue weighted by molar-refractivity contribution is -0.118. The minimum Gasteiger partial charge on any atom is -0.484 e. The molecule has 0 aliphatic carbocycles. The molecule has 1 heterocycles. The summed E-state index contributed by atoms with van der Waals surface area (Å²) in [6, 6.07) is 14.4. The smallest absolute Gasteiger partial charge is 0.322 e. The summed E-state index contributed by atoms with van der Waals surface area (Å²) in [5.41, 5.74) is 1.91. The molecule has 122 valence electrons. The minimum absolute atomic E-state index is 0.0234. The predicted molar refractivity (Wildman–Crippen MR) is 90.0 cm³/mol. The average Bonchev–Trinajstić information content (AvgIpc) is 3.03. The first-order chi connectivity index (χ1) is 11.6. The van der Waals surface area contributed by atoms with Crippen LogP contribution in [0.15, 0.2) is 52.9 Å². The van der Waals surface area contributed by atoms with Crippen molar-refractivity contribution >= 4 is 23.5 Å². The van der Waals surface area contributed by atoms with E-state index in [2.05, 4.69) is 15.5 Å². The van der Waals surface area contributed by atoms with Gasteiger partial charge in [0.1, 0.15) is 5.75 Å². The summed E-state index contributed by atoms with van der Waals surface area (Å²) < 4.78 is 10.8. The number of amides is 1. The van der Waals surface area contributed by atoms with E-state index in [1.54, 1.807) is 24.3 Å². The van der Waals surface area contributed by atoms with Crippen LogP contribution in [0.5, 0.6) is 5.75 Å². The standard InChI is InChI=1S/C17H14ClN3O3/c1-11-2-4-12(5-3-11)16-20-21-17(24-16)19-15(22)10-23-14-8-6-13(18)7-9-14/h2-9H,10H2,1H3,(H,19,21,22). The number of nitrogens with one attached hydrogen (secondary N) is 1. The van der Waals surface area contributed by atoms with Crippen molar-refractivity contribution in [1.29, 1.82) is 0 Å². The number of ether oxygens (including phenoxy) is 1. The Balaban J connectivity index is 1.57. The molecule has 7 heteroatoms. The Hall–Kier alpha value is -2.86. The lowest BCUT2D eigenvalue weighted by atomic mass is 10.1. The molecule has 0 radical (unpaired) electrons. The topological polar surface area (TPSA) is 77.2 Å². The highest BCUT2D eigenvalue weighted by Crippen LogP contribution is 2.20. The summed E-state index contributed by atoms with van der Waals surface area (Å²) >= 11 is 5.78. The number of halogens is 1. The van der Waals surface area contributed by atoms with Gasteiger partial charge in [-0.15, -0.1) is 5.10 Å². The molecule has 6 nitrogen and oxygen atoms in total. The van der Waals surface area contributed by atoms with Crippen LogP contribution in [0, 0.1) is 6.92 Å². The van der Waals surface area contributed by atoms with Gasteiger partial charge in [-0.05, 0) is 43.3 Å². The molecule has 0 spiro atoms. The molecule has 0 fully saturated rings.